The van der Waals surface area contributed by atoms with Gasteiger partial charge in [-0.15, -0.1) is 0 Å². The van der Waals surface area contributed by atoms with Gasteiger partial charge in [-0.3, -0.25) is 9.89 Å². The maximum absolute atomic E-state index is 15.7. The molecule has 10 nitrogen and oxygen atoms in total. The third kappa shape index (κ3) is 7.23. The highest BCUT2D eigenvalue weighted by molar-refractivity contribution is 7.91. The van der Waals surface area contributed by atoms with Crippen LogP contribution >= 0.6 is 0 Å². The first-order valence-electron chi connectivity index (χ1n) is 16.7. The van der Waals surface area contributed by atoms with E-state index in [-0.39, 0.29) is 51.5 Å². The van der Waals surface area contributed by atoms with E-state index < -0.39 is 55.8 Å². The number of H-pyrrole nitrogens is 1. The van der Waals surface area contributed by atoms with Gasteiger partial charge in [0.2, 0.25) is 5.82 Å². The zero-order chi connectivity index (χ0) is 36.9. The molecule has 1 aliphatic heterocycles. The van der Waals surface area contributed by atoms with E-state index in [2.05, 4.69) is 10.2 Å². The largest absolute Gasteiger partial charge is 0.481 e. The van der Waals surface area contributed by atoms with Crippen molar-refractivity contribution in [1.29, 1.82) is 0 Å². The van der Waals surface area contributed by atoms with E-state index in [0.29, 0.717) is 31.5 Å². The van der Waals surface area contributed by atoms with Gasteiger partial charge in [0.1, 0.15) is 17.1 Å². The Morgan fingerprint density at radius 2 is 1.86 bits per heavy atom. The number of sulfone groups is 1. The molecular formula is C37H40F3N5O5S. The number of fused-ring (bicyclic) bond motifs is 8. The maximum atomic E-state index is 15.7. The predicted octanol–water partition coefficient (Wildman–Crippen LogP) is 7.30. The Hall–Kier alpha value is -4.72. The summed E-state index contributed by atoms with van der Waals surface area (Å²) in [5.74, 6) is -5.27. The highest BCUT2D eigenvalue weighted by atomic mass is 32.2. The zero-order valence-corrected chi connectivity index (χ0v) is 29.9. The fourth-order valence-corrected chi connectivity index (χ4v) is 8.99. The van der Waals surface area contributed by atoms with Gasteiger partial charge in [-0.25, -0.2) is 26.9 Å². The first-order valence-corrected chi connectivity index (χ1v) is 18.5. The summed E-state index contributed by atoms with van der Waals surface area (Å²) in [4.78, 5) is 16.5. The van der Waals surface area contributed by atoms with Crippen LogP contribution in [0.1, 0.15) is 69.5 Å². The third-order valence-electron chi connectivity index (χ3n) is 9.84. The number of aromatic amines is 1. The van der Waals surface area contributed by atoms with Crippen LogP contribution in [0.3, 0.4) is 0 Å². The van der Waals surface area contributed by atoms with E-state index in [0.717, 1.165) is 17.2 Å². The number of carboxylic acids is 1. The van der Waals surface area contributed by atoms with Crippen LogP contribution in [0, 0.1) is 28.8 Å². The fourth-order valence-electron chi connectivity index (χ4n) is 7.00. The van der Waals surface area contributed by atoms with Crippen LogP contribution in [0.25, 0.3) is 22.3 Å². The van der Waals surface area contributed by atoms with Crippen LogP contribution in [-0.4, -0.2) is 56.0 Å². The monoisotopic (exact) mass is 723 g/mol. The van der Waals surface area contributed by atoms with Gasteiger partial charge in [0.15, 0.2) is 33.1 Å². The van der Waals surface area contributed by atoms with Crippen molar-refractivity contribution in [2.45, 2.75) is 65.2 Å². The minimum Gasteiger partial charge on any atom is -0.481 e. The van der Waals surface area contributed by atoms with E-state index >= 15 is 13.2 Å². The summed E-state index contributed by atoms with van der Waals surface area (Å²) < 4.78 is 81.1. The predicted molar refractivity (Wildman–Crippen MR) is 186 cm³/mol. The second-order valence-electron chi connectivity index (χ2n) is 14.6. The summed E-state index contributed by atoms with van der Waals surface area (Å²) in [5, 5.41) is 20.7. The first-order chi connectivity index (χ1) is 24.0. The molecule has 5 aromatic rings. The summed E-state index contributed by atoms with van der Waals surface area (Å²) in [6.07, 6.45) is 3.00. The molecule has 1 aliphatic rings. The van der Waals surface area contributed by atoms with Crippen molar-refractivity contribution in [3.63, 3.8) is 0 Å². The molecule has 270 valence electrons. The van der Waals surface area contributed by atoms with Gasteiger partial charge in [0.25, 0.3) is 0 Å². The summed E-state index contributed by atoms with van der Waals surface area (Å²) >= 11 is 0. The fraction of sp³-hybridized carbons (Fsp3) is 0.405. The second-order valence-corrected chi connectivity index (χ2v) is 16.7. The number of hydrogen-bond donors (Lipinski definition) is 2. The number of hydrogen-bond acceptors (Lipinski definition) is 7. The Labute approximate surface area is 294 Å². The molecule has 51 heavy (non-hydrogen) atoms. The quantitative estimate of drug-likeness (QED) is 0.197. The standard InChI is InChI=1S/C37H40F3N5O5S/c1-21(34(46)47)16-22-8-6-9-23(17-22)37(4)14-7-13-36(2,3)20-51(48,49)15-12-25-27-19-41-43-31(27)29(39)30(40)32(25)50-24-10-11-28(38)26(18-24)33-42-35(37)44-45(33)5/h6,8-11,17-19,21H,7,12-16,20H2,1-5H3,(H,41,43)(H,46,47)/t21-,37+/m0/s1. The van der Waals surface area contributed by atoms with Crippen molar-refractivity contribution in [3.05, 3.63) is 88.6 Å². The number of rotatable bonds is 4. The molecule has 0 spiro atoms. The van der Waals surface area contributed by atoms with Crippen LogP contribution in [-0.2, 0) is 39.9 Å². The number of ether oxygens (including phenoxy) is 1. The number of aryl methyl sites for hydroxylation is 2. The Kier molecular flexibility index (Phi) is 9.51. The number of halogens is 3. The van der Waals surface area contributed by atoms with Crippen LogP contribution in [0.15, 0.2) is 48.7 Å². The van der Waals surface area contributed by atoms with E-state index in [1.165, 1.54) is 23.0 Å². The third-order valence-corrected chi connectivity index (χ3v) is 11.9. The Bertz CT molecular complexity index is 2250. The molecule has 0 saturated heterocycles. The van der Waals surface area contributed by atoms with E-state index in [1.807, 2.05) is 45.0 Å². The van der Waals surface area contributed by atoms with Crippen molar-refractivity contribution in [2.24, 2.45) is 18.4 Å². The Balaban J connectivity index is 1.51. The van der Waals surface area contributed by atoms with Crippen LogP contribution in [0.4, 0.5) is 13.2 Å². The minimum absolute atomic E-state index is 0.00298. The van der Waals surface area contributed by atoms with Crippen LogP contribution in [0.5, 0.6) is 11.5 Å². The van der Waals surface area contributed by atoms with Crippen molar-refractivity contribution in [1.82, 2.24) is 25.0 Å². The van der Waals surface area contributed by atoms with E-state index in [9.17, 15) is 18.3 Å². The van der Waals surface area contributed by atoms with Gasteiger partial charge in [0.05, 0.1) is 34.6 Å². The maximum Gasteiger partial charge on any atom is 0.306 e. The molecule has 0 radical (unpaired) electrons. The van der Waals surface area contributed by atoms with Crippen LogP contribution < -0.4 is 4.74 Å². The molecule has 0 unspecified atom stereocenters. The number of aliphatic carboxylic acids is 1. The molecule has 2 N–H and O–H groups in total. The minimum atomic E-state index is -3.72. The molecule has 14 heteroatoms. The lowest BCUT2D eigenvalue weighted by molar-refractivity contribution is -0.141. The molecule has 0 amide bonds. The highest BCUT2D eigenvalue weighted by Gasteiger charge is 2.36. The average Bonchev–Trinajstić information content (AvgIpc) is 3.70. The van der Waals surface area contributed by atoms with Crippen molar-refractivity contribution >= 4 is 26.7 Å². The zero-order valence-electron chi connectivity index (χ0n) is 29.1. The lowest BCUT2D eigenvalue weighted by Crippen LogP contribution is -2.29. The molecule has 0 aliphatic carbocycles. The van der Waals surface area contributed by atoms with Gasteiger partial charge in [-0.05, 0) is 67.3 Å². The molecule has 3 heterocycles. The van der Waals surface area contributed by atoms with Gasteiger partial charge in [0, 0.05) is 18.0 Å². The molecule has 2 atom stereocenters. The number of nitrogens with zero attached hydrogens (tertiary/aromatic N) is 4. The van der Waals surface area contributed by atoms with Crippen LogP contribution in [0.2, 0.25) is 0 Å². The number of carbonyl (C=O) groups is 1. The van der Waals surface area contributed by atoms with Crippen molar-refractivity contribution < 1.29 is 36.2 Å². The lowest BCUT2D eigenvalue weighted by Gasteiger charge is -2.31. The Morgan fingerprint density at radius 3 is 2.61 bits per heavy atom. The van der Waals surface area contributed by atoms with E-state index in [4.69, 9.17) is 14.8 Å². The van der Waals surface area contributed by atoms with Crippen molar-refractivity contribution in [2.75, 3.05) is 11.5 Å². The molecule has 4 bridgehead atoms. The summed E-state index contributed by atoms with van der Waals surface area (Å²) in [6, 6.07) is 11.3. The summed E-state index contributed by atoms with van der Waals surface area (Å²) in [5.41, 5.74) is 0.0283. The molecular weight excluding hydrogens is 683 g/mol. The number of carboxylic acid groups (broad SMARTS) is 1. The summed E-state index contributed by atoms with van der Waals surface area (Å²) in [7, 11) is -2.09. The summed E-state index contributed by atoms with van der Waals surface area (Å²) in [6.45, 7) is 7.36. The molecule has 2 aromatic heterocycles. The van der Waals surface area contributed by atoms with Gasteiger partial charge < -0.3 is 9.84 Å². The second kappa shape index (κ2) is 13.4. The number of nitrogens with one attached hydrogen (secondary N) is 1. The lowest BCUT2D eigenvalue weighted by atomic mass is 9.75. The first kappa shape index (κ1) is 36.1. The van der Waals surface area contributed by atoms with E-state index in [1.54, 1.807) is 14.0 Å². The van der Waals surface area contributed by atoms with Gasteiger partial charge in [-0.1, -0.05) is 51.5 Å². The molecule has 0 fully saturated rings. The molecule has 3 aromatic carbocycles. The average molecular weight is 724 g/mol. The van der Waals surface area contributed by atoms with Crippen molar-refractivity contribution in [3.8, 4) is 22.9 Å². The number of benzene rings is 3. The molecule has 0 saturated carbocycles. The SMILES string of the molecule is C[C@@H](Cc1cccc([C@@]2(C)CCCC(C)(C)CS(=O)(=O)CCc3c(c(F)c(F)c4[nH]ncc34)Oc3ccc(F)c(c3)-c3nc2nn3C)c1)C(=O)O. The molecule has 6 rings (SSSR count). The van der Waals surface area contributed by atoms with Gasteiger partial charge in [-0.2, -0.15) is 14.6 Å². The highest BCUT2D eigenvalue weighted by Crippen LogP contribution is 2.41. The topological polar surface area (TPSA) is 140 Å². The normalized spacial score (nSPS) is 19.8. The van der Waals surface area contributed by atoms with Gasteiger partial charge >= 0.3 is 5.97 Å². The smallest absolute Gasteiger partial charge is 0.306 e. The number of aromatic nitrogens is 5. The Morgan fingerprint density at radius 1 is 1.10 bits per heavy atom.